The number of nitrogens with zero attached hydrogens (tertiary/aromatic N) is 1. The Morgan fingerprint density at radius 2 is 2.19 bits per heavy atom. The van der Waals surface area contributed by atoms with E-state index in [1.54, 1.807) is 0 Å². The average molecular weight is 264 g/mol. The number of aryl methyl sites for hydroxylation is 2. The minimum atomic E-state index is -0.0129. The molecule has 1 amide bonds. The van der Waals surface area contributed by atoms with E-state index in [1.807, 2.05) is 20.8 Å². The molecule has 0 aliphatic rings. The monoisotopic (exact) mass is 263 g/mol. The van der Waals surface area contributed by atoms with Gasteiger partial charge in [0, 0.05) is 17.3 Å². The molecule has 0 aliphatic heterocycles. The van der Waals surface area contributed by atoms with E-state index >= 15 is 0 Å². The van der Waals surface area contributed by atoms with E-state index in [0.717, 1.165) is 10.6 Å². The molecule has 1 unspecified atom stereocenters. The maximum absolute atomic E-state index is 11.4. The molecule has 0 saturated heterocycles. The van der Waals surface area contributed by atoms with E-state index in [-0.39, 0.29) is 24.4 Å². The molecular formula is C10H18ClN3OS. The van der Waals surface area contributed by atoms with Crippen LogP contribution in [-0.4, -0.2) is 16.9 Å². The van der Waals surface area contributed by atoms with Crippen molar-refractivity contribution in [3.63, 3.8) is 0 Å². The van der Waals surface area contributed by atoms with Gasteiger partial charge in [0.2, 0.25) is 5.91 Å². The van der Waals surface area contributed by atoms with Gasteiger partial charge in [-0.15, -0.1) is 23.7 Å². The summed E-state index contributed by atoms with van der Waals surface area (Å²) in [4.78, 5) is 16.8. The molecule has 0 radical (unpaired) electrons. The summed E-state index contributed by atoms with van der Waals surface area (Å²) in [7, 11) is 0. The van der Waals surface area contributed by atoms with Crippen LogP contribution in [0.3, 0.4) is 0 Å². The van der Waals surface area contributed by atoms with Gasteiger partial charge in [0.25, 0.3) is 0 Å². The van der Waals surface area contributed by atoms with Gasteiger partial charge in [0.1, 0.15) is 0 Å². The summed E-state index contributed by atoms with van der Waals surface area (Å²) in [6.07, 6.45) is 1.16. The fraction of sp³-hybridized carbons (Fsp3) is 0.600. The standard InChI is InChI=1S/C10H17N3OS.ClH/c1-6(11)4-5-9(14)13-10-12-7(2)8(3)15-10;/h6H,4-5,11H2,1-3H3,(H,12,13,14);1H. The molecule has 1 atom stereocenters. The van der Waals surface area contributed by atoms with Crippen LogP contribution in [0.2, 0.25) is 0 Å². The lowest BCUT2D eigenvalue weighted by Gasteiger charge is -2.03. The smallest absolute Gasteiger partial charge is 0.226 e. The van der Waals surface area contributed by atoms with Crippen molar-refractivity contribution in [2.45, 2.75) is 39.7 Å². The Labute approximate surface area is 106 Å². The Kier molecular flexibility index (Phi) is 6.55. The molecule has 3 N–H and O–H groups in total. The van der Waals surface area contributed by atoms with Gasteiger partial charge < -0.3 is 11.1 Å². The van der Waals surface area contributed by atoms with Gasteiger partial charge in [0.05, 0.1) is 5.69 Å². The van der Waals surface area contributed by atoms with Crippen molar-refractivity contribution in [2.75, 3.05) is 5.32 Å². The lowest BCUT2D eigenvalue weighted by Crippen LogP contribution is -2.19. The number of rotatable bonds is 4. The molecule has 1 rings (SSSR count). The second-order valence-electron chi connectivity index (χ2n) is 3.72. The molecule has 0 bridgehead atoms. The number of thiazole rings is 1. The van der Waals surface area contributed by atoms with Crippen molar-refractivity contribution < 1.29 is 4.79 Å². The molecule has 16 heavy (non-hydrogen) atoms. The lowest BCUT2D eigenvalue weighted by atomic mass is 10.2. The molecule has 1 heterocycles. The Morgan fingerprint density at radius 3 is 2.62 bits per heavy atom. The predicted molar refractivity (Wildman–Crippen MR) is 70.3 cm³/mol. The zero-order valence-electron chi connectivity index (χ0n) is 9.74. The van der Waals surface area contributed by atoms with E-state index in [9.17, 15) is 4.79 Å². The van der Waals surface area contributed by atoms with Crippen molar-refractivity contribution in [3.05, 3.63) is 10.6 Å². The quantitative estimate of drug-likeness (QED) is 0.876. The third-order valence-electron chi connectivity index (χ3n) is 2.10. The number of nitrogens with two attached hydrogens (primary N) is 1. The van der Waals surface area contributed by atoms with Crippen LogP contribution >= 0.6 is 23.7 Å². The number of amides is 1. The fourth-order valence-corrected chi connectivity index (χ4v) is 1.90. The second-order valence-corrected chi connectivity index (χ2v) is 4.93. The summed E-state index contributed by atoms with van der Waals surface area (Å²) in [5, 5.41) is 3.45. The fourth-order valence-electron chi connectivity index (χ4n) is 1.07. The summed E-state index contributed by atoms with van der Waals surface area (Å²) in [5.74, 6) is -0.0129. The van der Waals surface area contributed by atoms with Crippen LogP contribution in [0.25, 0.3) is 0 Å². The zero-order valence-corrected chi connectivity index (χ0v) is 11.4. The largest absolute Gasteiger partial charge is 0.328 e. The molecule has 0 aromatic carbocycles. The molecule has 4 nitrogen and oxygen atoms in total. The summed E-state index contributed by atoms with van der Waals surface area (Å²) in [6.45, 7) is 5.82. The Balaban J connectivity index is 0.00000225. The van der Waals surface area contributed by atoms with Crippen LogP contribution in [0.15, 0.2) is 0 Å². The summed E-state index contributed by atoms with van der Waals surface area (Å²) < 4.78 is 0. The number of carbonyl (C=O) groups excluding carboxylic acids is 1. The molecule has 0 fully saturated rings. The lowest BCUT2D eigenvalue weighted by molar-refractivity contribution is -0.116. The highest BCUT2D eigenvalue weighted by atomic mass is 35.5. The van der Waals surface area contributed by atoms with E-state index < -0.39 is 0 Å². The molecule has 0 saturated carbocycles. The van der Waals surface area contributed by atoms with Crippen molar-refractivity contribution in [3.8, 4) is 0 Å². The molecular weight excluding hydrogens is 246 g/mol. The highest BCUT2D eigenvalue weighted by Crippen LogP contribution is 2.21. The maximum atomic E-state index is 11.4. The van der Waals surface area contributed by atoms with Crippen molar-refractivity contribution in [1.29, 1.82) is 0 Å². The minimum absolute atomic E-state index is 0. The Hall–Kier alpha value is -0.650. The van der Waals surface area contributed by atoms with Gasteiger partial charge in [-0.3, -0.25) is 4.79 Å². The number of carbonyl (C=O) groups is 1. The van der Waals surface area contributed by atoms with Crippen LogP contribution in [0.4, 0.5) is 5.13 Å². The summed E-state index contributed by atoms with van der Waals surface area (Å²) >= 11 is 1.50. The number of aromatic nitrogens is 1. The van der Waals surface area contributed by atoms with Gasteiger partial charge in [0.15, 0.2) is 5.13 Å². The number of hydrogen-bond acceptors (Lipinski definition) is 4. The summed E-state index contributed by atoms with van der Waals surface area (Å²) in [5.41, 5.74) is 6.54. The van der Waals surface area contributed by atoms with Crippen LogP contribution in [0, 0.1) is 13.8 Å². The van der Waals surface area contributed by atoms with Gasteiger partial charge >= 0.3 is 0 Å². The normalized spacial score (nSPS) is 11.8. The molecule has 1 aromatic rings. The van der Waals surface area contributed by atoms with Crippen LogP contribution in [-0.2, 0) is 4.79 Å². The second kappa shape index (κ2) is 6.83. The van der Waals surface area contributed by atoms with Crippen LogP contribution < -0.4 is 11.1 Å². The molecule has 0 spiro atoms. The first-order valence-electron chi connectivity index (χ1n) is 4.98. The number of anilines is 1. The number of nitrogens with one attached hydrogen (secondary N) is 1. The van der Waals surface area contributed by atoms with E-state index in [4.69, 9.17) is 5.73 Å². The minimum Gasteiger partial charge on any atom is -0.328 e. The third kappa shape index (κ3) is 4.92. The first kappa shape index (κ1) is 15.3. The van der Waals surface area contributed by atoms with Gasteiger partial charge in [-0.05, 0) is 27.2 Å². The van der Waals surface area contributed by atoms with E-state index in [2.05, 4.69) is 10.3 Å². The highest BCUT2D eigenvalue weighted by molar-refractivity contribution is 7.15. The first-order chi connectivity index (χ1) is 6.99. The van der Waals surface area contributed by atoms with Crippen LogP contribution in [0.1, 0.15) is 30.3 Å². The molecule has 1 aromatic heterocycles. The summed E-state index contributed by atoms with van der Waals surface area (Å²) in [6, 6.07) is 0.0653. The van der Waals surface area contributed by atoms with Crippen molar-refractivity contribution in [1.82, 2.24) is 4.98 Å². The number of halogens is 1. The van der Waals surface area contributed by atoms with Gasteiger partial charge in [-0.2, -0.15) is 0 Å². The van der Waals surface area contributed by atoms with Crippen LogP contribution in [0.5, 0.6) is 0 Å². The molecule has 6 heteroatoms. The van der Waals surface area contributed by atoms with Gasteiger partial charge in [-0.1, -0.05) is 0 Å². The number of hydrogen-bond donors (Lipinski definition) is 2. The van der Waals surface area contributed by atoms with E-state index in [1.165, 1.54) is 11.3 Å². The maximum Gasteiger partial charge on any atom is 0.226 e. The predicted octanol–water partition coefficient (Wildman–Crippen LogP) is 2.25. The average Bonchev–Trinajstić information content (AvgIpc) is 2.42. The van der Waals surface area contributed by atoms with E-state index in [0.29, 0.717) is 18.0 Å². The highest BCUT2D eigenvalue weighted by Gasteiger charge is 2.08. The third-order valence-corrected chi connectivity index (χ3v) is 3.09. The SMILES string of the molecule is Cc1nc(NC(=O)CCC(C)N)sc1C.Cl. The zero-order chi connectivity index (χ0) is 11.4. The Bertz CT molecular complexity index is 332. The van der Waals surface area contributed by atoms with Crippen molar-refractivity contribution in [2.24, 2.45) is 5.73 Å². The van der Waals surface area contributed by atoms with Gasteiger partial charge in [-0.25, -0.2) is 4.98 Å². The Morgan fingerprint density at radius 1 is 1.56 bits per heavy atom. The molecule has 92 valence electrons. The topological polar surface area (TPSA) is 68.0 Å². The first-order valence-corrected chi connectivity index (χ1v) is 5.80. The van der Waals surface area contributed by atoms with Crippen molar-refractivity contribution >= 4 is 34.8 Å². The molecule has 0 aliphatic carbocycles.